The number of aromatic hydroxyl groups is 1. The highest BCUT2D eigenvalue weighted by Crippen LogP contribution is 2.36. The van der Waals surface area contributed by atoms with Gasteiger partial charge in [0.05, 0.1) is 18.1 Å². The monoisotopic (exact) mass is 269 g/mol. The average Bonchev–Trinajstić information content (AvgIpc) is 2.84. The summed E-state index contributed by atoms with van der Waals surface area (Å²) in [6.45, 7) is 0. The van der Waals surface area contributed by atoms with Crippen LogP contribution in [0, 0.1) is 0 Å². The van der Waals surface area contributed by atoms with Crippen LogP contribution in [0.4, 0.5) is 0 Å². The molecule has 0 fully saturated rings. The molecule has 0 amide bonds. The second-order valence-corrected chi connectivity index (χ2v) is 4.21. The van der Waals surface area contributed by atoms with E-state index < -0.39 is 5.97 Å². The summed E-state index contributed by atoms with van der Waals surface area (Å²) in [4.78, 5) is 15.8. The Morgan fingerprint density at radius 1 is 1.30 bits per heavy atom. The number of ether oxygens (including phenoxy) is 1. The molecular weight excluding hydrogens is 258 g/mol. The molecule has 0 atom stereocenters. The van der Waals surface area contributed by atoms with Gasteiger partial charge in [0.2, 0.25) is 0 Å². The summed E-state index contributed by atoms with van der Waals surface area (Å²) in [6, 6.07) is 10.2. The molecule has 5 nitrogen and oxygen atoms in total. The van der Waals surface area contributed by atoms with E-state index in [1.807, 2.05) is 0 Å². The maximum atomic E-state index is 11.5. The first-order valence-corrected chi connectivity index (χ1v) is 5.96. The summed E-state index contributed by atoms with van der Waals surface area (Å²) in [6.07, 6.45) is 1.62. The van der Waals surface area contributed by atoms with Gasteiger partial charge in [-0.25, -0.2) is 4.79 Å². The molecule has 0 aliphatic carbocycles. The summed E-state index contributed by atoms with van der Waals surface area (Å²) in [5.74, 6) is -0.199. The molecule has 2 heterocycles. The Labute approximate surface area is 114 Å². The molecule has 3 aromatic rings. The van der Waals surface area contributed by atoms with Crippen LogP contribution in [0.3, 0.4) is 0 Å². The second kappa shape index (κ2) is 4.70. The molecule has 1 aromatic carbocycles. The average molecular weight is 269 g/mol. The molecule has 0 unspecified atom stereocenters. The summed E-state index contributed by atoms with van der Waals surface area (Å²) < 4.78 is 10.0. The summed E-state index contributed by atoms with van der Waals surface area (Å²) >= 11 is 0. The molecule has 0 radical (unpaired) electrons. The van der Waals surface area contributed by atoms with Gasteiger partial charge in [-0.2, -0.15) is 0 Å². The third-order valence-corrected chi connectivity index (χ3v) is 3.00. The summed E-state index contributed by atoms with van der Waals surface area (Å²) in [7, 11) is 1.32. The number of rotatable bonds is 2. The molecule has 1 N–H and O–H groups in total. The van der Waals surface area contributed by atoms with Crippen molar-refractivity contribution < 1.29 is 19.1 Å². The molecule has 0 aliphatic rings. The Hall–Kier alpha value is -2.82. The number of carbonyl (C=O) groups excluding carboxylic acids is 1. The number of nitrogens with zero attached hydrogens (tertiary/aromatic N) is 1. The number of aromatic nitrogens is 1. The van der Waals surface area contributed by atoms with Gasteiger partial charge < -0.3 is 14.3 Å². The standard InChI is InChI=1S/C15H11NO4/c1-19-14(17)10-5-2-4-9(8-10)13-12-11(15(18)20-13)6-3-7-16-12/h2-8,18H,1H3. The minimum atomic E-state index is -0.431. The van der Waals surface area contributed by atoms with Gasteiger partial charge in [0.1, 0.15) is 5.52 Å². The molecule has 0 bridgehead atoms. The SMILES string of the molecule is COC(=O)c1cccc(-c2oc(O)c3cccnc23)c1. The van der Waals surface area contributed by atoms with Crippen molar-refractivity contribution in [1.82, 2.24) is 4.98 Å². The van der Waals surface area contributed by atoms with Crippen molar-refractivity contribution in [3.05, 3.63) is 48.2 Å². The predicted molar refractivity (Wildman–Crippen MR) is 72.4 cm³/mol. The van der Waals surface area contributed by atoms with Crippen LogP contribution in [0.15, 0.2) is 47.0 Å². The number of hydrogen-bond acceptors (Lipinski definition) is 5. The lowest BCUT2D eigenvalue weighted by atomic mass is 10.1. The Morgan fingerprint density at radius 2 is 2.15 bits per heavy atom. The van der Waals surface area contributed by atoms with Gasteiger partial charge in [-0.1, -0.05) is 12.1 Å². The number of carbonyl (C=O) groups is 1. The van der Waals surface area contributed by atoms with Crippen molar-refractivity contribution in [2.45, 2.75) is 0 Å². The highest BCUT2D eigenvalue weighted by atomic mass is 16.5. The number of fused-ring (bicyclic) bond motifs is 1. The lowest BCUT2D eigenvalue weighted by molar-refractivity contribution is 0.0601. The van der Waals surface area contributed by atoms with Gasteiger partial charge in [-0.15, -0.1) is 0 Å². The number of furan rings is 1. The fourth-order valence-electron chi connectivity index (χ4n) is 2.06. The Bertz CT molecular complexity index is 791. The highest BCUT2D eigenvalue weighted by molar-refractivity contribution is 5.96. The maximum absolute atomic E-state index is 11.5. The first kappa shape index (κ1) is 12.2. The van der Waals surface area contributed by atoms with Crippen LogP contribution in [-0.2, 0) is 4.74 Å². The van der Waals surface area contributed by atoms with Crippen molar-refractivity contribution in [2.75, 3.05) is 7.11 Å². The quantitative estimate of drug-likeness (QED) is 0.724. The first-order chi connectivity index (χ1) is 9.70. The topological polar surface area (TPSA) is 72.6 Å². The summed E-state index contributed by atoms with van der Waals surface area (Å²) in [5, 5.41) is 10.3. The van der Waals surface area contributed by atoms with E-state index in [2.05, 4.69) is 9.72 Å². The molecule has 0 spiro atoms. The van der Waals surface area contributed by atoms with Crippen LogP contribution >= 0.6 is 0 Å². The van der Waals surface area contributed by atoms with Crippen molar-refractivity contribution >= 4 is 16.9 Å². The van der Waals surface area contributed by atoms with E-state index in [4.69, 9.17) is 4.42 Å². The van der Waals surface area contributed by atoms with Crippen LogP contribution in [0.25, 0.3) is 22.2 Å². The van der Waals surface area contributed by atoms with Gasteiger partial charge in [0.25, 0.3) is 5.95 Å². The van der Waals surface area contributed by atoms with Gasteiger partial charge in [-0.3, -0.25) is 4.98 Å². The van der Waals surface area contributed by atoms with Crippen LogP contribution < -0.4 is 0 Å². The third kappa shape index (κ3) is 1.89. The van der Waals surface area contributed by atoms with Gasteiger partial charge in [0, 0.05) is 11.8 Å². The minimum absolute atomic E-state index is 0.188. The first-order valence-electron chi connectivity index (χ1n) is 5.96. The molecule has 5 heteroatoms. The zero-order valence-electron chi connectivity index (χ0n) is 10.7. The van der Waals surface area contributed by atoms with Crippen molar-refractivity contribution in [1.29, 1.82) is 0 Å². The largest absolute Gasteiger partial charge is 0.480 e. The van der Waals surface area contributed by atoms with E-state index in [1.54, 1.807) is 42.6 Å². The van der Waals surface area contributed by atoms with E-state index in [9.17, 15) is 9.90 Å². The number of benzene rings is 1. The van der Waals surface area contributed by atoms with Crippen molar-refractivity contribution in [3.8, 4) is 17.3 Å². The lowest BCUT2D eigenvalue weighted by Gasteiger charge is -2.01. The van der Waals surface area contributed by atoms with E-state index in [-0.39, 0.29) is 5.95 Å². The van der Waals surface area contributed by atoms with Crippen molar-refractivity contribution in [3.63, 3.8) is 0 Å². The molecule has 2 aromatic heterocycles. The van der Waals surface area contributed by atoms with Gasteiger partial charge in [-0.05, 0) is 24.3 Å². The second-order valence-electron chi connectivity index (χ2n) is 4.21. The van der Waals surface area contributed by atoms with Gasteiger partial charge >= 0.3 is 5.97 Å². The van der Waals surface area contributed by atoms with Crippen LogP contribution in [0.5, 0.6) is 5.95 Å². The maximum Gasteiger partial charge on any atom is 0.337 e. The Balaban J connectivity index is 2.19. The molecule has 20 heavy (non-hydrogen) atoms. The zero-order chi connectivity index (χ0) is 14.1. The molecule has 100 valence electrons. The Kier molecular flexibility index (Phi) is 2.87. The van der Waals surface area contributed by atoms with Gasteiger partial charge in [0.15, 0.2) is 5.76 Å². The number of esters is 1. The predicted octanol–water partition coefficient (Wildman–Crippen LogP) is 2.99. The van der Waals surface area contributed by atoms with Crippen LogP contribution in [0.2, 0.25) is 0 Å². The fraction of sp³-hybridized carbons (Fsp3) is 0.0667. The minimum Gasteiger partial charge on any atom is -0.480 e. The fourth-order valence-corrected chi connectivity index (χ4v) is 2.06. The van der Waals surface area contributed by atoms with Crippen molar-refractivity contribution in [2.24, 2.45) is 0 Å². The van der Waals surface area contributed by atoms with Crippen LogP contribution in [-0.4, -0.2) is 23.2 Å². The molecule has 0 saturated heterocycles. The number of methoxy groups -OCH3 is 1. The smallest absolute Gasteiger partial charge is 0.337 e. The van der Waals surface area contributed by atoms with E-state index in [0.29, 0.717) is 27.8 Å². The molecule has 3 rings (SSSR count). The normalized spacial score (nSPS) is 10.7. The van der Waals surface area contributed by atoms with Crippen LogP contribution in [0.1, 0.15) is 10.4 Å². The highest BCUT2D eigenvalue weighted by Gasteiger charge is 2.16. The van der Waals surface area contributed by atoms with E-state index in [1.165, 1.54) is 7.11 Å². The molecule has 0 saturated carbocycles. The van der Waals surface area contributed by atoms with E-state index >= 15 is 0 Å². The summed E-state index contributed by atoms with van der Waals surface area (Å²) in [5.41, 5.74) is 1.61. The zero-order valence-corrected chi connectivity index (χ0v) is 10.7. The lowest BCUT2D eigenvalue weighted by Crippen LogP contribution is -2.00. The van der Waals surface area contributed by atoms with E-state index in [0.717, 1.165) is 0 Å². The number of pyridine rings is 1. The number of hydrogen-bond donors (Lipinski definition) is 1. The molecular formula is C15H11NO4. The third-order valence-electron chi connectivity index (χ3n) is 3.00. The molecule has 0 aliphatic heterocycles. The Morgan fingerprint density at radius 3 is 2.95 bits per heavy atom.